The molecule has 4 heterocycles. The Bertz CT molecular complexity index is 700. The lowest BCUT2D eigenvalue weighted by molar-refractivity contribution is -0.0978. The zero-order chi connectivity index (χ0) is 15.3. The van der Waals surface area contributed by atoms with Crippen molar-refractivity contribution in [2.45, 2.75) is 43.9 Å². The minimum absolute atomic E-state index is 0.155. The van der Waals surface area contributed by atoms with E-state index < -0.39 is 0 Å². The van der Waals surface area contributed by atoms with Crippen molar-refractivity contribution in [3.05, 3.63) is 32.7 Å². The number of thiophene rings is 1. The van der Waals surface area contributed by atoms with Gasteiger partial charge in [0.15, 0.2) is 0 Å². The van der Waals surface area contributed by atoms with Crippen LogP contribution in [0.3, 0.4) is 0 Å². The lowest BCUT2D eigenvalue weighted by atomic mass is 9.77. The summed E-state index contributed by atoms with van der Waals surface area (Å²) in [6, 6.07) is 2.61. The first-order chi connectivity index (χ1) is 10.6. The average molecular weight is 339 g/mol. The summed E-state index contributed by atoms with van der Waals surface area (Å²) in [6.45, 7) is 2.97. The number of nitrogens with one attached hydrogen (secondary N) is 1. The van der Waals surface area contributed by atoms with Crippen molar-refractivity contribution < 1.29 is 4.74 Å². The van der Waals surface area contributed by atoms with Crippen LogP contribution in [0, 0.1) is 0 Å². The van der Waals surface area contributed by atoms with Crippen molar-refractivity contribution in [3.63, 3.8) is 0 Å². The number of aryl methyl sites for hydroxylation is 1. The van der Waals surface area contributed by atoms with Gasteiger partial charge in [-0.05, 0) is 25.0 Å². The van der Waals surface area contributed by atoms with E-state index in [-0.39, 0.29) is 11.6 Å². The standard InChI is InChI=1S/C15H19ClN4OS/c1-9-6-15(7-11(17-9)12-8-20(2)19-18-12)10-5-14(16)22-13(10)3-4-21-15/h5,8-9,11,17H,3-4,6-7H2,1-2H3. The number of piperidine rings is 1. The van der Waals surface area contributed by atoms with Gasteiger partial charge in [0.2, 0.25) is 0 Å². The van der Waals surface area contributed by atoms with Gasteiger partial charge in [-0.3, -0.25) is 4.68 Å². The predicted molar refractivity (Wildman–Crippen MR) is 86.2 cm³/mol. The molecule has 0 saturated carbocycles. The molecule has 1 saturated heterocycles. The van der Waals surface area contributed by atoms with E-state index in [1.165, 1.54) is 10.4 Å². The SMILES string of the molecule is CC1CC2(CC(c3cn(C)nn3)N1)OCCc1sc(Cl)cc12. The first kappa shape index (κ1) is 14.6. The molecule has 4 rings (SSSR count). The van der Waals surface area contributed by atoms with E-state index in [2.05, 4.69) is 28.6 Å². The number of rotatable bonds is 1. The van der Waals surface area contributed by atoms with Gasteiger partial charge in [0.1, 0.15) is 0 Å². The molecule has 2 aliphatic heterocycles. The van der Waals surface area contributed by atoms with Gasteiger partial charge in [-0.25, -0.2) is 0 Å². The van der Waals surface area contributed by atoms with Crippen LogP contribution in [0.4, 0.5) is 0 Å². The van der Waals surface area contributed by atoms with Crippen molar-refractivity contribution >= 4 is 22.9 Å². The second-order valence-electron chi connectivity index (χ2n) is 6.33. The zero-order valence-electron chi connectivity index (χ0n) is 12.7. The van der Waals surface area contributed by atoms with Crippen LogP contribution < -0.4 is 5.32 Å². The summed E-state index contributed by atoms with van der Waals surface area (Å²) >= 11 is 7.96. The number of hydrogen-bond donors (Lipinski definition) is 1. The van der Waals surface area contributed by atoms with Gasteiger partial charge >= 0.3 is 0 Å². The van der Waals surface area contributed by atoms with E-state index in [1.807, 2.05) is 13.2 Å². The molecule has 22 heavy (non-hydrogen) atoms. The molecular weight excluding hydrogens is 320 g/mol. The predicted octanol–water partition coefficient (Wildman–Crippen LogP) is 2.81. The smallest absolute Gasteiger partial charge is 0.0997 e. The maximum Gasteiger partial charge on any atom is 0.0997 e. The minimum Gasteiger partial charge on any atom is -0.370 e. The minimum atomic E-state index is -0.246. The molecule has 7 heteroatoms. The summed E-state index contributed by atoms with van der Waals surface area (Å²) in [4.78, 5) is 1.38. The normalized spacial score (nSPS) is 31.4. The van der Waals surface area contributed by atoms with E-state index >= 15 is 0 Å². The summed E-state index contributed by atoms with van der Waals surface area (Å²) in [6.07, 6.45) is 4.78. The van der Waals surface area contributed by atoms with Gasteiger partial charge in [0.25, 0.3) is 0 Å². The number of ether oxygens (including phenoxy) is 1. The van der Waals surface area contributed by atoms with Gasteiger partial charge in [-0.1, -0.05) is 16.8 Å². The van der Waals surface area contributed by atoms with Gasteiger partial charge < -0.3 is 10.1 Å². The summed E-state index contributed by atoms with van der Waals surface area (Å²) in [5.41, 5.74) is 2.02. The zero-order valence-corrected chi connectivity index (χ0v) is 14.2. The molecule has 1 fully saturated rings. The highest BCUT2D eigenvalue weighted by atomic mass is 35.5. The molecular formula is C15H19ClN4OS. The van der Waals surface area contributed by atoms with Crippen molar-refractivity contribution in [1.29, 1.82) is 0 Å². The molecule has 2 aromatic heterocycles. The molecule has 3 atom stereocenters. The van der Waals surface area contributed by atoms with Crippen molar-refractivity contribution in [3.8, 4) is 0 Å². The summed E-state index contributed by atoms with van der Waals surface area (Å²) in [5.74, 6) is 0. The number of nitrogens with zero attached hydrogens (tertiary/aromatic N) is 3. The van der Waals surface area contributed by atoms with E-state index in [0.717, 1.165) is 35.9 Å². The van der Waals surface area contributed by atoms with Crippen LogP contribution in [0.1, 0.15) is 41.9 Å². The molecule has 1 spiro atoms. The molecule has 0 radical (unpaired) electrons. The largest absolute Gasteiger partial charge is 0.370 e. The Balaban J connectivity index is 1.72. The fourth-order valence-corrected chi connectivity index (χ4v) is 5.15. The fourth-order valence-electron chi connectivity index (χ4n) is 3.81. The molecule has 5 nitrogen and oxygen atoms in total. The van der Waals surface area contributed by atoms with E-state index in [1.54, 1.807) is 16.0 Å². The van der Waals surface area contributed by atoms with Crippen LogP contribution in [-0.2, 0) is 23.8 Å². The number of aromatic nitrogens is 3. The molecule has 0 aliphatic carbocycles. The van der Waals surface area contributed by atoms with Crippen molar-refractivity contribution in [2.75, 3.05) is 6.61 Å². The van der Waals surface area contributed by atoms with Crippen molar-refractivity contribution in [1.82, 2.24) is 20.3 Å². The molecule has 1 N–H and O–H groups in total. The highest BCUT2D eigenvalue weighted by Crippen LogP contribution is 2.48. The second-order valence-corrected chi connectivity index (χ2v) is 8.09. The third-order valence-electron chi connectivity index (χ3n) is 4.61. The summed E-state index contributed by atoms with van der Waals surface area (Å²) in [7, 11) is 1.90. The van der Waals surface area contributed by atoms with E-state index in [0.29, 0.717) is 6.04 Å². The maximum atomic E-state index is 6.33. The second kappa shape index (κ2) is 5.30. The summed E-state index contributed by atoms with van der Waals surface area (Å²) in [5, 5.41) is 12.0. The first-order valence-corrected chi connectivity index (χ1v) is 8.80. The first-order valence-electron chi connectivity index (χ1n) is 7.61. The summed E-state index contributed by atoms with van der Waals surface area (Å²) < 4.78 is 8.93. The topological polar surface area (TPSA) is 52.0 Å². The number of fused-ring (bicyclic) bond motifs is 2. The Morgan fingerprint density at radius 1 is 1.50 bits per heavy atom. The lowest BCUT2D eigenvalue weighted by Crippen LogP contribution is -2.49. The Morgan fingerprint density at radius 3 is 3.14 bits per heavy atom. The van der Waals surface area contributed by atoms with Gasteiger partial charge in [0.05, 0.1) is 28.3 Å². The quantitative estimate of drug-likeness (QED) is 0.868. The Kier molecular flexibility index (Phi) is 3.52. The third kappa shape index (κ3) is 2.38. The highest BCUT2D eigenvalue weighted by molar-refractivity contribution is 7.16. The van der Waals surface area contributed by atoms with Crippen LogP contribution in [0.15, 0.2) is 12.3 Å². The monoisotopic (exact) mass is 338 g/mol. The van der Waals surface area contributed by atoms with Crippen LogP contribution in [0.25, 0.3) is 0 Å². The Morgan fingerprint density at radius 2 is 2.36 bits per heavy atom. The van der Waals surface area contributed by atoms with E-state index in [9.17, 15) is 0 Å². The molecule has 3 unspecified atom stereocenters. The molecule has 118 valence electrons. The Hall–Kier alpha value is -0.950. The molecule has 0 amide bonds. The van der Waals surface area contributed by atoms with Crippen LogP contribution in [0.2, 0.25) is 4.34 Å². The van der Waals surface area contributed by atoms with E-state index in [4.69, 9.17) is 16.3 Å². The van der Waals surface area contributed by atoms with Crippen molar-refractivity contribution in [2.24, 2.45) is 7.05 Å². The molecule has 2 aliphatic rings. The molecule has 0 aromatic carbocycles. The number of halogens is 1. The third-order valence-corrected chi connectivity index (χ3v) is 5.93. The van der Waals surface area contributed by atoms with Gasteiger partial charge in [-0.15, -0.1) is 16.4 Å². The van der Waals surface area contributed by atoms with Crippen LogP contribution >= 0.6 is 22.9 Å². The van der Waals surface area contributed by atoms with Crippen LogP contribution in [-0.4, -0.2) is 27.6 Å². The fraction of sp³-hybridized carbons (Fsp3) is 0.600. The Labute approximate surface area is 138 Å². The molecule has 2 aromatic rings. The maximum absolute atomic E-state index is 6.33. The van der Waals surface area contributed by atoms with Gasteiger partial charge in [0, 0.05) is 37.0 Å². The highest BCUT2D eigenvalue weighted by Gasteiger charge is 2.46. The number of hydrogen-bond acceptors (Lipinski definition) is 5. The molecule has 0 bridgehead atoms. The lowest BCUT2D eigenvalue weighted by Gasteiger charge is -2.46. The van der Waals surface area contributed by atoms with Crippen LogP contribution in [0.5, 0.6) is 0 Å². The average Bonchev–Trinajstić information content (AvgIpc) is 3.04. The van der Waals surface area contributed by atoms with Gasteiger partial charge in [-0.2, -0.15) is 0 Å².